The maximum absolute atomic E-state index is 11.8. The van der Waals surface area contributed by atoms with E-state index in [1.807, 2.05) is 6.92 Å². The van der Waals surface area contributed by atoms with Crippen molar-refractivity contribution in [1.29, 1.82) is 0 Å². The van der Waals surface area contributed by atoms with Crippen LogP contribution in [0.25, 0.3) is 0 Å². The molecule has 0 radical (unpaired) electrons. The molecule has 0 N–H and O–H groups in total. The van der Waals surface area contributed by atoms with E-state index >= 15 is 0 Å². The first-order valence-corrected chi connectivity index (χ1v) is 6.53. The fourth-order valence-electron chi connectivity index (χ4n) is 1.84. The smallest absolute Gasteiger partial charge is 0.340 e. The van der Waals surface area contributed by atoms with Gasteiger partial charge in [-0.1, -0.05) is 0 Å². The average Bonchev–Trinajstić information content (AvgIpc) is 2.80. The van der Waals surface area contributed by atoms with Gasteiger partial charge in [-0.15, -0.1) is 11.3 Å². The highest BCUT2D eigenvalue weighted by Gasteiger charge is 2.32. The van der Waals surface area contributed by atoms with Crippen molar-refractivity contribution in [3.8, 4) is 0 Å². The molecule has 1 unspecified atom stereocenters. The standard InChI is InChI=1S/C11H13NO3S2/c1-6-3-8(11(14)15-2)10(17-6)12-5-7(16)4-9(12)13/h3,7,16H,4-5H2,1-2H3. The van der Waals surface area contributed by atoms with Crippen LogP contribution in [0, 0.1) is 6.92 Å². The van der Waals surface area contributed by atoms with Crippen molar-refractivity contribution in [1.82, 2.24) is 0 Å². The number of thiol groups is 1. The lowest BCUT2D eigenvalue weighted by Crippen LogP contribution is -2.25. The number of hydrogen-bond donors (Lipinski definition) is 1. The van der Waals surface area contributed by atoms with E-state index in [0.717, 1.165) is 4.88 Å². The minimum Gasteiger partial charge on any atom is -0.465 e. The fourth-order valence-corrected chi connectivity index (χ4v) is 3.18. The Labute approximate surface area is 109 Å². The number of anilines is 1. The lowest BCUT2D eigenvalue weighted by Gasteiger charge is -2.15. The van der Waals surface area contributed by atoms with Crippen molar-refractivity contribution >= 4 is 40.8 Å². The minimum absolute atomic E-state index is 0.0111. The minimum atomic E-state index is -0.403. The van der Waals surface area contributed by atoms with Crippen molar-refractivity contribution in [3.63, 3.8) is 0 Å². The Balaban J connectivity index is 2.38. The Hall–Kier alpha value is -1.01. The van der Waals surface area contributed by atoms with Crippen molar-refractivity contribution < 1.29 is 14.3 Å². The third-order valence-electron chi connectivity index (χ3n) is 2.59. The highest BCUT2D eigenvalue weighted by atomic mass is 32.1. The van der Waals surface area contributed by atoms with Crippen LogP contribution in [0.4, 0.5) is 5.00 Å². The molecule has 1 atom stereocenters. The number of hydrogen-bond acceptors (Lipinski definition) is 5. The van der Waals surface area contributed by atoms with Gasteiger partial charge >= 0.3 is 5.97 Å². The van der Waals surface area contributed by atoms with E-state index in [1.54, 1.807) is 11.0 Å². The van der Waals surface area contributed by atoms with E-state index in [9.17, 15) is 9.59 Å². The summed E-state index contributed by atoms with van der Waals surface area (Å²) in [6, 6.07) is 1.75. The normalized spacial score (nSPS) is 19.8. The van der Waals surface area contributed by atoms with E-state index in [2.05, 4.69) is 12.6 Å². The van der Waals surface area contributed by atoms with Crippen molar-refractivity contribution in [2.75, 3.05) is 18.6 Å². The van der Waals surface area contributed by atoms with Gasteiger partial charge in [0.1, 0.15) is 5.00 Å². The number of aryl methyl sites for hydroxylation is 1. The summed E-state index contributed by atoms with van der Waals surface area (Å²) in [5, 5.41) is 0.714. The maximum Gasteiger partial charge on any atom is 0.340 e. The molecule has 1 amide bonds. The molecule has 92 valence electrons. The first kappa shape index (κ1) is 12.4. The number of rotatable bonds is 2. The van der Waals surface area contributed by atoms with Crippen LogP contribution in [0.3, 0.4) is 0 Å². The van der Waals surface area contributed by atoms with Gasteiger partial charge in [-0.05, 0) is 13.0 Å². The second-order valence-corrected chi connectivity index (χ2v) is 5.89. The summed E-state index contributed by atoms with van der Waals surface area (Å²) in [5.41, 5.74) is 0.464. The Morgan fingerprint density at radius 1 is 1.65 bits per heavy atom. The van der Waals surface area contributed by atoms with Gasteiger partial charge in [-0.3, -0.25) is 4.79 Å². The van der Waals surface area contributed by atoms with Crippen molar-refractivity contribution in [2.45, 2.75) is 18.6 Å². The molecule has 0 saturated carbocycles. The van der Waals surface area contributed by atoms with Crippen LogP contribution in [-0.4, -0.2) is 30.8 Å². The molecule has 1 aliphatic heterocycles. The van der Waals surface area contributed by atoms with Crippen LogP contribution < -0.4 is 4.90 Å². The molecule has 6 heteroatoms. The highest BCUT2D eigenvalue weighted by Crippen LogP contribution is 2.35. The van der Waals surface area contributed by atoms with Crippen LogP contribution >= 0.6 is 24.0 Å². The second kappa shape index (κ2) is 4.70. The van der Waals surface area contributed by atoms with Crippen molar-refractivity contribution in [3.05, 3.63) is 16.5 Å². The number of esters is 1. The largest absolute Gasteiger partial charge is 0.465 e. The number of amides is 1. The van der Waals surface area contributed by atoms with Crippen LogP contribution in [0.5, 0.6) is 0 Å². The van der Waals surface area contributed by atoms with E-state index in [1.165, 1.54) is 18.4 Å². The maximum atomic E-state index is 11.8. The molecule has 0 aliphatic carbocycles. The van der Waals surface area contributed by atoms with Gasteiger partial charge in [0.2, 0.25) is 5.91 Å². The van der Waals surface area contributed by atoms with Gasteiger partial charge in [0.25, 0.3) is 0 Å². The molecule has 1 fully saturated rings. The quantitative estimate of drug-likeness (QED) is 0.660. The summed E-state index contributed by atoms with van der Waals surface area (Å²) in [4.78, 5) is 26.0. The van der Waals surface area contributed by atoms with Gasteiger partial charge in [-0.25, -0.2) is 4.79 Å². The summed E-state index contributed by atoms with van der Waals surface area (Å²) in [6.07, 6.45) is 0.417. The summed E-state index contributed by atoms with van der Waals surface area (Å²) in [6.45, 7) is 2.45. The third-order valence-corrected chi connectivity index (χ3v) is 4.01. The molecule has 0 bridgehead atoms. The number of nitrogens with zero attached hydrogens (tertiary/aromatic N) is 1. The molecule has 0 spiro atoms. The Kier molecular flexibility index (Phi) is 3.44. The molecule has 4 nitrogen and oxygen atoms in total. The molecule has 1 aromatic heterocycles. The Morgan fingerprint density at radius 3 is 2.88 bits per heavy atom. The first-order valence-electron chi connectivity index (χ1n) is 5.20. The van der Waals surface area contributed by atoms with Gasteiger partial charge < -0.3 is 9.64 Å². The van der Waals surface area contributed by atoms with Gasteiger partial charge in [0.15, 0.2) is 0 Å². The second-order valence-electron chi connectivity index (χ2n) is 3.93. The molecule has 17 heavy (non-hydrogen) atoms. The topological polar surface area (TPSA) is 46.6 Å². The van der Waals surface area contributed by atoms with E-state index in [4.69, 9.17) is 4.74 Å². The molecule has 2 heterocycles. The van der Waals surface area contributed by atoms with Gasteiger partial charge in [0.05, 0.1) is 12.7 Å². The Morgan fingerprint density at radius 2 is 2.35 bits per heavy atom. The van der Waals surface area contributed by atoms with E-state index in [-0.39, 0.29) is 11.2 Å². The predicted octanol–water partition coefficient (Wildman–Crippen LogP) is 1.88. The first-order chi connectivity index (χ1) is 8.02. The van der Waals surface area contributed by atoms with Crippen LogP contribution in [0.1, 0.15) is 21.7 Å². The zero-order valence-corrected chi connectivity index (χ0v) is 11.3. The SMILES string of the molecule is COC(=O)c1cc(C)sc1N1CC(S)CC1=O. The van der Waals surface area contributed by atoms with E-state index in [0.29, 0.717) is 23.5 Å². The van der Waals surface area contributed by atoms with Crippen LogP contribution in [-0.2, 0) is 9.53 Å². The fraction of sp³-hybridized carbons (Fsp3) is 0.455. The predicted molar refractivity (Wildman–Crippen MR) is 70.1 cm³/mol. The van der Waals surface area contributed by atoms with Crippen LogP contribution in [0.2, 0.25) is 0 Å². The van der Waals surface area contributed by atoms with Crippen LogP contribution in [0.15, 0.2) is 6.07 Å². The summed E-state index contributed by atoms with van der Waals surface area (Å²) in [7, 11) is 1.34. The highest BCUT2D eigenvalue weighted by molar-refractivity contribution is 7.81. The lowest BCUT2D eigenvalue weighted by atomic mass is 10.3. The molecule has 1 saturated heterocycles. The number of carbonyl (C=O) groups is 2. The Bertz CT molecular complexity index is 469. The van der Waals surface area contributed by atoms with Gasteiger partial charge in [-0.2, -0.15) is 12.6 Å². The summed E-state index contributed by atoms with van der Waals surface area (Å²) in [5.74, 6) is -0.392. The third kappa shape index (κ3) is 2.32. The zero-order valence-electron chi connectivity index (χ0n) is 9.60. The molecular weight excluding hydrogens is 258 g/mol. The van der Waals surface area contributed by atoms with Crippen molar-refractivity contribution in [2.24, 2.45) is 0 Å². The molecule has 1 aliphatic rings. The zero-order chi connectivity index (χ0) is 12.6. The molecular formula is C11H13NO3S2. The number of ether oxygens (including phenoxy) is 1. The summed E-state index contributed by atoms with van der Waals surface area (Å²) < 4.78 is 4.72. The number of carbonyl (C=O) groups excluding carboxylic acids is 2. The van der Waals surface area contributed by atoms with E-state index < -0.39 is 5.97 Å². The molecule has 0 aromatic carbocycles. The number of thiophene rings is 1. The molecule has 1 aromatic rings. The number of methoxy groups -OCH3 is 1. The van der Waals surface area contributed by atoms with Gasteiger partial charge in [0, 0.05) is 23.1 Å². The lowest BCUT2D eigenvalue weighted by molar-refractivity contribution is -0.116. The average molecular weight is 271 g/mol. The summed E-state index contributed by atoms with van der Waals surface area (Å²) >= 11 is 5.73. The monoisotopic (exact) mass is 271 g/mol. The molecule has 2 rings (SSSR count).